The number of rotatable bonds is 9. The zero-order valence-electron chi connectivity index (χ0n) is 29.5. The smallest absolute Gasteiger partial charge is 0.134 e. The maximum atomic E-state index is 6.53. The molecule has 0 bridgehead atoms. The van der Waals surface area contributed by atoms with Crippen LogP contribution < -0.4 is 9.47 Å². The van der Waals surface area contributed by atoms with E-state index in [4.69, 9.17) is 9.47 Å². The topological polar surface area (TPSA) is 18.5 Å². The van der Waals surface area contributed by atoms with Crippen LogP contribution in [0.5, 0.6) is 23.0 Å². The van der Waals surface area contributed by atoms with Crippen molar-refractivity contribution in [1.82, 2.24) is 0 Å². The van der Waals surface area contributed by atoms with Gasteiger partial charge in [-0.2, -0.15) is 0 Å². The van der Waals surface area contributed by atoms with E-state index in [0.717, 1.165) is 34.1 Å². The minimum Gasteiger partial charge on any atom is -0.456 e. The quantitative estimate of drug-likeness (QED) is 0.187. The lowest BCUT2D eigenvalue weighted by atomic mass is 9.60. The lowest BCUT2D eigenvalue weighted by Crippen LogP contribution is -2.37. The van der Waals surface area contributed by atoms with Crippen LogP contribution in [0, 0.1) is 33.6 Å². The summed E-state index contributed by atoms with van der Waals surface area (Å²) in [4.78, 5) is 0. The average molecular weight is 613 g/mol. The van der Waals surface area contributed by atoms with E-state index in [0.29, 0.717) is 5.92 Å². The molecule has 0 aromatic heterocycles. The molecular formula is C44H52O2. The Morgan fingerprint density at radius 1 is 0.652 bits per heavy atom. The SMILES string of the molecule is CC=Cc1ccccc1Oc1c(C)cc(C2(C)CCC(C(C)(C)c3cc(C)c(Oc4ccccc4C=CC)c(C)c3)CC2)cc1C. The van der Waals surface area contributed by atoms with Crippen LogP contribution in [0.25, 0.3) is 12.2 Å². The highest BCUT2D eigenvalue weighted by atomic mass is 16.5. The number of allylic oxidation sites excluding steroid dienone is 2. The first kappa shape index (κ1) is 33.3. The van der Waals surface area contributed by atoms with E-state index in [2.05, 4.69) is 133 Å². The fraction of sp³-hybridized carbons (Fsp3) is 0.364. The third-order valence-electron chi connectivity index (χ3n) is 10.4. The second-order valence-electron chi connectivity index (χ2n) is 14.2. The molecule has 0 N–H and O–H groups in total. The van der Waals surface area contributed by atoms with Crippen molar-refractivity contribution < 1.29 is 9.47 Å². The average Bonchev–Trinajstić information content (AvgIpc) is 3.02. The van der Waals surface area contributed by atoms with Crippen LogP contribution in [-0.2, 0) is 10.8 Å². The van der Waals surface area contributed by atoms with Crippen molar-refractivity contribution in [3.63, 3.8) is 0 Å². The first-order chi connectivity index (χ1) is 22.0. The van der Waals surface area contributed by atoms with Crippen LogP contribution in [0.2, 0.25) is 0 Å². The number of aryl methyl sites for hydroxylation is 4. The van der Waals surface area contributed by atoms with Gasteiger partial charge in [0.15, 0.2) is 0 Å². The summed E-state index contributed by atoms with van der Waals surface area (Å²) < 4.78 is 13.1. The molecule has 5 rings (SSSR count). The van der Waals surface area contributed by atoms with Gasteiger partial charge >= 0.3 is 0 Å². The molecule has 1 aliphatic rings. The van der Waals surface area contributed by atoms with Gasteiger partial charge in [0.1, 0.15) is 23.0 Å². The summed E-state index contributed by atoms with van der Waals surface area (Å²) in [5, 5.41) is 0. The molecule has 1 aliphatic carbocycles. The standard InChI is InChI=1S/C44H52O2/c1-10-16-34-18-12-14-20-39(34)45-41-30(3)26-37(27-31(41)4)43(7,8)36-22-24-44(9,25-23-36)38-28-32(5)42(33(6)29-38)46-40-21-15-13-19-35(40)17-11-2/h10-21,26-29,36H,22-25H2,1-9H3. The van der Waals surface area contributed by atoms with Crippen LogP contribution >= 0.6 is 0 Å². The largest absolute Gasteiger partial charge is 0.456 e. The molecule has 0 heterocycles. The molecule has 0 atom stereocenters. The van der Waals surface area contributed by atoms with Crippen LogP contribution in [0.15, 0.2) is 84.9 Å². The lowest BCUT2D eigenvalue weighted by molar-refractivity contribution is 0.178. The minimum atomic E-state index is 0.0715. The highest BCUT2D eigenvalue weighted by Gasteiger charge is 2.40. The molecule has 4 aromatic rings. The Kier molecular flexibility index (Phi) is 9.96. The molecule has 4 aromatic carbocycles. The minimum absolute atomic E-state index is 0.0715. The highest BCUT2D eigenvalue weighted by molar-refractivity contribution is 5.60. The second kappa shape index (κ2) is 13.8. The van der Waals surface area contributed by atoms with Gasteiger partial charge in [0, 0.05) is 11.1 Å². The maximum Gasteiger partial charge on any atom is 0.134 e. The first-order valence-corrected chi connectivity index (χ1v) is 17.0. The highest BCUT2D eigenvalue weighted by Crippen LogP contribution is 2.49. The number of para-hydroxylation sites is 2. The zero-order valence-corrected chi connectivity index (χ0v) is 29.5. The van der Waals surface area contributed by atoms with E-state index >= 15 is 0 Å². The molecule has 0 aliphatic heterocycles. The number of hydrogen-bond donors (Lipinski definition) is 0. The summed E-state index contributed by atoms with van der Waals surface area (Å²) >= 11 is 0. The van der Waals surface area contributed by atoms with Crippen LogP contribution in [0.3, 0.4) is 0 Å². The molecule has 0 radical (unpaired) electrons. The number of hydrogen-bond acceptors (Lipinski definition) is 2. The van der Waals surface area contributed by atoms with Gasteiger partial charge in [-0.05, 0) is 129 Å². The Bertz CT molecular complexity index is 1700. The van der Waals surface area contributed by atoms with Crippen molar-refractivity contribution in [1.29, 1.82) is 0 Å². The molecule has 0 amide bonds. The molecule has 0 unspecified atom stereocenters. The van der Waals surface area contributed by atoms with Gasteiger partial charge in [0.05, 0.1) is 0 Å². The summed E-state index contributed by atoms with van der Waals surface area (Å²) in [5.74, 6) is 4.36. The Morgan fingerprint density at radius 3 is 1.50 bits per heavy atom. The maximum absolute atomic E-state index is 6.53. The van der Waals surface area contributed by atoms with Gasteiger partial charge < -0.3 is 9.47 Å². The van der Waals surface area contributed by atoms with Crippen LogP contribution in [-0.4, -0.2) is 0 Å². The number of ether oxygens (including phenoxy) is 2. The molecular weight excluding hydrogens is 560 g/mol. The zero-order chi connectivity index (χ0) is 33.1. The summed E-state index contributed by atoms with van der Waals surface area (Å²) in [5.41, 5.74) is 10.1. The van der Waals surface area contributed by atoms with Gasteiger partial charge in [0.25, 0.3) is 0 Å². The Morgan fingerprint density at radius 2 is 1.07 bits per heavy atom. The van der Waals surface area contributed by atoms with E-state index < -0.39 is 0 Å². The predicted octanol–water partition coefficient (Wildman–Crippen LogP) is 13.0. The van der Waals surface area contributed by atoms with Crippen molar-refractivity contribution in [3.05, 3.63) is 129 Å². The molecule has 0 saturated heterocycles. The van der Waals surface area contributed by atoms with Crippen LogP contribution in [0.1, 0.15) is 105 Å². The molecule has 2 nitrogen and oxygen atoms in total. The van der Waals surface area contributed by atoms with Gasteiger partial charge in [-0.25, -0.2) is 0 Å². The first-order valence-electron chi connectivity index (χ1n) is 17.0. The fourth-order valence-electron chi connectivity index (χ4n) is 7.45. The van der Waals surface area contributed by atoms with E-state index in [-0.39, 0.29) is 10.8 Å². The fourth-order valence-corrected chi connectivity index (χ4v) is 7.45. The normalized spacial score (nSPS) is 18.8. The van der Waals surface area contributed by atoms with Gasteiger partial charge in [0.2, 0.25) is 0 Å². The monoisotopic (exact) mass is 612 g/mol. The van der Waals surface area contributed by atoms with E-state index in [1.54, 1.807) is 0 Å². The van der Waals surface area contributed by atoms with Crippen molar-refractivity contribution in [2.45, 2.75) is 98.8 Å². The summed E-state index contributed by atoms with van der Waals surface area (Å²) in [6.07, 6.45) is 13.1. The Balaban J connectivity index is 1.32. The van der Waals surface area contributed by atoms with E-state index in [9.17, 15) is 0 Å². The summed E-state index contributed by atoms with van der Waals surface area (Å²) in [6, 6.07) is 26.0. The van der Waals surface area contributed by atoms with Crippen molar-refractivity contribution >= 4 is 12.2 Å². The molecule has 2 heteroatoms. The predicted molar refractivity (Wildman–Crippen MR) is 197 cm³/mol. The summed E-state index contributed by atoms with van der Waals surface area (Å²) in [7, 11) is 0. The molecule has 1 fully saturated rings. The molecule has 1 saturated carbocycles. The van der Waals surface area contributed by atoms with Gasteiger partial charge in [-0.1, -0.05) is 106 Å². The van der Waals surface area contributed by atoms with Crippen LogP contribution in [0.4, 0.5) is 0 Å². The third-order valence-corrected chi connectivity index (χ3v) is 10.4. The van der Waals surface area contributed by atoms with E-state index in [1.165, 1.54) is 59.1 Å². The summed E-state index contributed by atoms with van der Waals surface area (Å²) in [6.45, 7) is 20.2. The lowest BCUT2D eigenvalue weighted by Gasteiger charge is -2.44. The van der Waals surface area contributed by atoms with Crippen molar-refractivity contribution in [2.75, 3.05) is 0 Å². The second-order valence-corrected chi connectivity index (χ2v) is 14.2. The van der Waals surface area contributed by atoms with Crippen molar-refractivity contribution in [2.24, 2.45) is 5.92 Å². The third kappa shape index (κ3) is 6.87. The molecule has 0 spiro atoms. The van der Waals surface area contributed by atoms with Crippen molar-refractivity contribution in [3.8, 4) is 23.0 Å². The Hall–Kier alpha value is -4.04. The number of benzene rings is 4. The van der Waals surface area contributed by atoms with Gasteiger partial charge in [-0.3, -0.25) is 0 Å². The van der Waals surface area contributed by atoms with Gasteiger partial charge in [-0.15, -0.1) is 0 Å². The Labute approximate surface area is 278 Å². The molecule has 46 heavy (non-hydrogen) atoms. The molecule has 240 valence electrons. The van der Waals surface area contributed by atoms with E-state index in [1.807, 2.05) is 26.0 Å².